The molecule has 1 nitrogen and oxygen atoms in total. The van der Waals surface area contributed by atoms with Crippen LogP contribution in [0.4, 0.5) is 0 Å². The second-order valence-electron chi connectivity index (χ2n) is 4.21. The van der Waals surface area contributed by atoms with E-state index in [0.29, 0.717) is 5.92 Å². The van der Waals surface area contributed by atoms with Crippen LogP contribution in [-0.4, -0.2) is 0 Å². The highest BCUT2D eigenvalue weighted by molar-refractivity contribution is 5.40. The minimum atomic E-state index is 0.617. The van der Waals surface area contributed by atoms with E-state index in [9.17, 15) is 0 Å². The lowest BCUT2D eigenvalue weighted by molar-refractivity contribution is 0.532. The third-order valence-corrected chi connectivity index (χ3v) is 3.34. The third kappa shape index (κ3) is 1.53. The predicted molar refractivity (Wildman–Crippen MR) is 56.9 cm³/mol. The fraction of sp³-hybridized carbons (Fsp3) is 0.462. The molecule has 0 spiro atoms. The molecule has 72 valence electrons. The number of hydrogen-bond acceptors (Lipinski definition) is 1. The van der Waals surface area contributed by atoms with Gasteiger partial charge in [-0.1, -0.05) is 38.0 Å². The highest BCUT2D eigenvalue weighted by Gasteiger charge is 2.26. The van der Waals surface area contributed by atoms with Crippen LogP contribution in [0, 0.1) is 17.2 Å². The lowest BCUT2D eigenvalue weighted by atomic mass is 9.87. The Morgan fingerprint density at radius 3 is 2.71 bits per heavy atom. The minimum Gasteiger partial charge on any atom is -0.192 e. The van der Waals surface area contributed by atoms with Crippen LogP contribution in [0.1, 0.15) is 43.2 Å². The molecule has 1 aromatic carbocycles. The fourth-order valence-corrected chi connectivity index (χ4v) is 2.53. The number of hydrogen-bond donors (Lipinski definition) is 0. The van der Waals surface area contributed by atoms with Gasteiger partial charge in [-0.2, -0.15) is 5.26 Å². The molecule has 2 rings (SSSR count). The van der Waals surface area contributed by atoms with Gasteiger partial charge < -0.3 is 0 Å². The van der Waals surface area contributed by atoms with E-state index in [1.807, 2.05) is 18.2 Å². The van der Waals surface area contributed by atoms with Crippen molar-refractivity contribution in [3.05, 3.63) is 35.4 Å². The van der Waals surface area contributed by atoms with Gasteiger partial charge in [0.25, 0.3) is 0 Å². The molecule has 0 amide bonds. The summed E-state index contributed by atoms with van der Waals surface area (Å²) in [5.74, 6) is 1.36. The van der Waals surface area contributed by atoms with Crippen molar-refractivity contribution >= 4 is 0 Å². The van der Waals surface area contributed by atoms with Crippen molar-refractivity contribution in [2.45, 2.75) is 32.1 Å². The Kier molecular flexibility index (Phi) is 2.54. The summed E-state index contributed by atoms with van der Waals surface area (Å²) in [7, 11) is 0. The molecule has 0 bridgehead atoms. The van der Waals surface area contributed by atoms with Crippen LogP contribution in [0.25, 0.3) is 0 Å². The van der Waals surface area contributed by atoms with Gasteiger partial charge in [0.15, 0.2) is 0 Å². The summed E-state index contributed by atoms with van der Waals surface area (Å²) in [6.07, 6.45) is 3.87. The SMILES string of the molecule is CC1CCCC1c1ccccc1C#N. The quantitative estimate of drug-likeness (QED) is 0.657. The molecule has 1 aliphatic carbocycles. The molecule has 2 unspecified atom stereocenters. The Balaban J connectivity index is 2.36. The van der Waals surface area contributed by atoms with E-state index in [1.165, 1.54) is 24.8 Å². The van der Waals surface area contributed by atoms with Gasteiger partial charge in [-0.3, -0.25) is 0 Å². The Bertz CT molecular complexity index is 362. The van der Waals surface area contributed by atoms with Crippen molar-refractivity contribution in [1.29, 1.82) is 5.26 Å². The molecule has 1 aliphatic rings. The number of nitriles is 1. The molecule has 0 saturated heterocycles. The van der Waals surface area contributed by atoms with Gasteiger partial charge in [0.2, 0.25) is 0 Å². The highest BCUT2D eigenvalue weighted by Crippen LogP contribution is 2.40. The lowest BCUT2D eigenvalue weighted by Crippen LogP contribution is -2.03. The van der Waals surface area contributed by atoms with Crippen LogP contribution in [0.2, 0.25) is 0 Å². The maximum absolute atomic E-state index is 9.02. The third-order valence-electron chi connectivity index (χ3n) is 3.34. The molecule has 1 heteroatoms. The largest absolute Gasteiger partial charge is 0.192 e. The van der Waals surface area contributed by atoms with E-state index in [4.69, 9.17) is 5.26 Å². The van der Waals surface area contributed by atoms with Crippen LogP contribution >= 0.6 is 0 Å². The first-order chi connectivity index (χ1) is 6.83. The van der Waals surface area contributed by atoms with Crippen LogP contribution in [0.5, 0.6) is 0 Å². The molecule has 0 heterocycles. The second kappa shape index (κ2) is 3.84. The van der Waals surface area contributed by atoms with E-state index in [0.717, 1.165) is 11.5 Å². The van der Waals surface area contributed by atoms with Gasteiger partial charge in [0.1, 0.15) is 0 Å². The lowest BCUT2D eigenvalue weighted by Gasteiger charge is -2.16. The number of rotatable bonds is 1. The van der Waals surface area contributed by atoms with Gasteiger partial charge in [0.05, 0.1) is 11.6 Å². The van der Waals surface area contributed by atoms with E-state index in [2.05, 4.69) is 19.1 Å². The molecule has 0 aliphatic heterocycles. The van der Waals surface area contributed by atoms with Crippen LogP contribution in [0.15, 0.2) is 24.3 Å². The Hall–Kier alpha value is -1.29. The number of benzene rings is 1. The van der Waals surface area contributed by atoms with Crippen LogP contribution in [0.3, 0.4) is 0 Å². The highest BCUT2D eigenvalue weighted by atomic mass is 14.3. The van der Waals surface area contributed by atoms with E-state index in [-0.39, 0.29) is 0 Å². The zero-order chi connectivity index (χ0) is 9.97. The van der Waals surface area contributed by atoms with Gasteiger partial charge in [-0.25, -0.2) is 0 Å². The van der Waals surface area contributed by atoms with E-state index >= 15 is 0 Å². The van der Waals surface area contributed by atoms with Crippen molar-refractivity contribution < 1.29 is 0 Å². The summed E-state index contributed by atoms with van der Waals surface area (Å²) in [5, 5.41) is 9.02. The molecule has 0 aromatic heterocycles. The predicted octanol–water partition coefficient (Wildman–Crippen LogP) is 3.46. The van der Waals surface area contributed by atoms with E-state index < -0.39 is 0 Å². The molecule has 1 saturated carbocycles. The summed E-state index contributed by atoms with van der Waals surface area (Å²) in [6, 6.07) is 10.3. The molecule has 1 aromatic rings. The zero-order valence-electron chi connectivity index (χ0n) is 8.53. The summed E-state index contributed by atoms with van der Waals surface area (Å²) < 4.78 is 0. The normalized spacial score (nSPS) is 26.0. The van der Waals surface area contributed by atoms with Crippen molar-refractivity contribution in [2.24, 2.45) is 5.92 Å². The van der Waals surface area contributed by atoms with Crippen LogP contribution < -0.4 is 0 Å². The molecule has 2 atom stereocenters. The average molecular weight is 185 g/mol. The fourth-order valence-electron chi connectivity index (χ4n) is 2.53. The summed E-state index contributed by atoms with van der Waals surface area (Å²) >= 11 is 0. The van der Waals surface area contributed by atoms with Gasteiger partial charge in [-0.05, 0) is 29.9 Å². The smallest absolute Gasteiger partial charge is 0.0994 e. The molecule has 14 heavy (non-hydrogen) atoms. The standard InChI is InChI=1S/C13H15N/c1-10-5-4-8-12(10)13-7-3-2-6-11(13)9-14/h2-3,6-7,10,12H,4-5,8H2,1H3. The first-order valence-electron chi connectivity index (χ1n) is 5.32. The Morgan fingerprint density at radius 2 is 2.07 bits per heavy atom. The van der Waals surface area contributed by atoms with Gasteiger partial charge >= 0.3 is 0 Å². The van der Waals surface area contributed by atoms with Crippen molar-refractivity contribution in [2.75, 3.05) is 0 Å². The van der Waals surface area contributed by atoms with Crippen molar-refractivity contribution in [3.63, 3.8) is 0 Å². The topological polar surface area (TPSA) is 23.8 Å². The van der Waals surface area contributed by atoms with Gasteiger partial charge in [-0.15, -0.1) is 0 Å². The maximum Gasteiger partial charge on any atom is 0.0994 e. The second-order valence-corrected chi connectivity index (χ2v) is 4.21. The summed E-state index contributed by atoms with van der Waals surface area (Å²) in [4.78, 5) is 0. The zero-order valence-corrected chi connectivity index (χ0v) is 8.53. The molecular weight excluding hydrogens is 170 g/mol. The molecular formula is C13H15N. The van der Waals surface area contributed by atoms with Crippen LogP contribution in [-0.2, 0) is 0 Å². The average Bonchev–Trinajstić information content (AvgIpc) is 2.64. The van der Waals surface area contributed by atoms with Crippen molar-refractivity contribution in [1.82, 2.24) is 0 Å². The molecule has 0 N–H and O–H groups in total. The van der Waals surface area contributed by atoms with Gasteiger partial charge in [0, 0.05) is 0 Å². The van der Waals surface area contributed by atoms with Crippen molar-refractivity contribution in [3.8, 4) is 6.07 Å². The monoisotopic (exact) mass is 185 g/mol. The Labute approximate surface area is 85.4 Å². The maximum atomic E-state index is 9.02. The first kappa shape index (κ1) is 9.27. The first-order valence-corrected chi connectivity index (χ1v) is 5.32. The summed E-state index contributed by atoms with van der Waals surface area (Å²) in [6.45, 7) is 2.30. The Morgan fingerprint density at radius 1 is 1.29 bits per heavy atom. The number of nitrogens with zero attached hydrogens (tertiary/aromatic N) is 1. The molecule has 0 radical (unpaired) electrons. The molecule has 1 fully saturated rings. The minimum absolute atomic E-state index is 0.617. The summed E-state index contributed by atoms with van der Waals surface area (Å²) in [5.41, 5.74) is 2.13. The van der Waals surface area contributed by atoms with E-state index in [1.54, 1.807) is 0 Å².